The van der Waals surface area contributed by atoms with Gasteiger partial charge in [0.1, 0.15) is 0 Å². The van der Waals surface area contributed by atoms with E-state index in [1.54, 1.807) is 11.3 Å². The first-order chi connectivity index (χ1) is 10.1. The van der Waals surface area contributed by atoms with E-state index in [4.69, 9.17) is 0 Å². The molecule has 2 aliphatic heterocycles. The minimum Gasteiger partial charge on any atom is -0.335 e. The van der Waals surface area contributed by atoms with Gasteiger partial charge in [-0.3, -0.25) is 4.79 Å². The van der Waals surface area contributed by atoms with Crippen molar-refractivity contribution in [2.45, 2.75) is 31.3 Å². The number of carbonyl (C=O) groups excluding carboxylic acids is 1. The Morgan fingerprint density at radius 1 is 1.48 bits per heavy atom. The molecule has 5 nitrogen and oxygen atoms in total. The van der Waals surface area contributed by atoms with E-state index in [0.29, 0.717) is 6.54 Å². The normalized spacial score (nSPS) is 28.7. The van der Waals surface area contributed by atoms with E-state index >= 15 is 0 Å². The van der Waals surface area contributed by atoms with Crippen LogP contribution in [0.3, 0.4) is 0 Å². The van der Waals surface area contributed by atoms with Crippen LogP contribution in [0.1, 0.15) is 30.2 Å². The van der Waals surface area contributed by atoms with Crippen LogP contribution in [-0.4, -0.2) is 49.9 Å². The highest BCUT2D eigenvalue weighted by Gasteiger charge is 2.33. The molecule has 0 bridgehead atoms. The van der Waals surface area contributed by atoms with Gasteiger partial charge in [0.15, 0.2) is 9.84 Å². The predicted molar refractivity (Wildman–Crippen MR) is 83.1 cm³/mol. The first-order valence-electron chi connectivity index (χ1n) is 7.32. The molecule has 0 saturated carbocycles. The van der Waals surface area contributed by atoms with Crippen LogP contribution in [0.4, 0.5) is 0 Å². The van der Waals surface area contributed by atoms with Gasteiger partial charge >= 0.3 is 0 Å². The lowest BCUT2D eigenvalue weighted by Gasteiger charge is -2.28. The molecule has 3 heterocycles. The second-order valence-electron chi connectivity index (χ2n) is 5.73. The molecule has 0 aromatic carbocycles. The summed E-state index contributed by atoms with van der Waals surface area (Å²) in [4.78, 5) is 15.7. The molecule has 21 heavy (non-hydrogen) atoms. The van der Waals surface area contributed by atoms with Gasteiger partial charge in [-0.15, -0.1) is 11.3 Å². The van der Waals surface area contributed by atoms with Gasteiger partial charge < -0.3 is 10.2 Å². The van der Waals surface area contributed by atoms with E-state index in [9.17, 15) is 13.2 Å². The highest BCUT2D eigenvalue weighted by molar-refractivity contribution is 7.91. The number of hydrogen-bond acceptors (Lipinski definition) is 5. The second kappa shape index (κ2) is 6.06. The molecule has 7 heteroatoms. The van der Waals surface area contributed by atoms with Gasteiger partial charge in [0.05, 0.1) is 17.5 Å². The van der Waals surface area contributed by atoms with Crippen molar-refractivity contribution in [3.8, 4) is 0 Å². The van der Waals surface area contributed by atoms with Crippen LogP contribution >= 0.6 is 11.3 Å². The maximum atomic E-state index is 12.5. The Labute approximate surface area is 129 Å². The summed E-state index contributed by atoms with van der Waals surface area (Å²) >= 11 is 1.68. The largest absolute Gasteiger partial charge is 0.335 e. The van der Waals surface area contributed by atoms with Gasteiger partial charge in [-0.2, -0.15) is 0 Å². The molecule has 2 unspecified atom stereocenters. The number of nitrogens with one attached hydrogen (secondary N) is 1. The van der Waals surface area contributed by atoms with Crippen LogP contribution in [0.5, 0.6) is 0 Å². The van der Waals surface area contributed by atoms with Crippen molar-refractivity contribution in [1.82, 2.24) is 10.2 Å². The first kappa shape index (κ1) is 15.0. The number of hydrogen-bond donors (Lipinski definition) is 1. The number of nitrogens with zero attached hydrogens (tertiary/aromatic N) is 1. The Bertz CT molecular complexity index is 598. The quantitative estimate of drug-likeness (QED) is 0.905. The van der Waals surface area contributed by atoms with Crippen molar-refractivity contribution >= 4 is 27.1 Å². The summed E-state index contributed by atoms with van der Waals surface area (Å²) < 4.78 is 23.3. The van der Waals surface area contributed by atoms with Crippen LogP contribution in [0.2, 0.25) is 0 Å². The minimum atomic E-state index is -2.99. The average molecular weight is 328 g/mol. The fourth-order valence-electron chi connectivity index (χ4n) is 3.17. The molecule has 116 valence electrons. The third-order valence-corrected chi connectivity index (χ3v) is 6.88. The topological polar surface area (TPSA) is 66.5 Å². The van der Waals surface area contributed by atoms with Crippen LogP contribution in [-0.2, 0) is 14.6 Å². The van der Waals surface area contributed by atoms with Gasteiger partial charge in [0.2, 0.25) is 5.91 Å². The van der Waals surface area contributed by atoms with Crippen LogP contribution < -0.4 is 5.32 Å². The summed E-state index contributed by atoms with van der Waals surface area (Å²) in [6, 6.07) is 4.03. The van der Waals surface area contributed by atoms with Gasteiger partial charge in [-0.1, -0.05) is 6.07 Å². The average Bonchev–Trinajstić information content (AvgIpc) is 3.08. The fourth-order valence-corrected chi connectivity index (χ4v) is 5.49. The summed E-state index contributed by atoms with van der Waals surface area (Å²) in [6.07, 6.45) is 2.30. The van der Waals surface area contributed by atoms with E-state index in [2.05, 4.69) is 11.4 Å². The third-order valence-electron chi connectivity index (χ3n) is 4.17. The van der Waals surface area contributed by atoms with E-state index < -0.39 is 9.84 Å². The highest BCUT2D eigenvalue weighted by Crippen LogP contribution is 2.34. The van der Waals surface area contributed by atoms with Crippen molar-refractivity contribution in [2.24, 2.45) is 0 Å². The zero-order chi connectivity index (χ0) is 14.9. The number of thiophene rings is 1. The zero-order valence-corrected chi connectivity index (χ0v) is 13.5. The minimum absolute atomic E-state index is 0.0699. The van der Waals surface area contributed by atoms with Crippen LogP contribution in [0, 0.1) is 0 Å². The molecule has 2 fully saturated rings. The van der Waals surface area contributed by atoms with Gasteiger partial charge in [-0.25, -0.2) is 8.42 Å². The number of rotatable bonds is 3. The first-order valence-corrected chi connectivity index (χ1v) is 10.0. The zero-order valence-electron chi connectivity index (χ0n) is 11.8. The molecule has 1 N–H and O–H groups in total. The summed E-state index contributed by atoms with van der Waals surface area (Å²) in [5, 5.41) is 5.19. The van der Waals surface area contributed by atoms with Crippen molar-refractivity contribution in [2.75, 3.05) is 24.6 Å². The second-order valence-corrected chi connectivity index (χ2v) is 8.94. The van der Waals surface area contributed by atoms with Crippen LogP contribution in [0.25, 0.3) is 0 Å². The lowest BCUT2D eigenvalue weighted by atomic mass is 10.1. The molecule has 3 rings (SSSR count). The molecule has 0 radical (unpaired) electrons. The number of likely N-dealkylation sites (tertiary alicyclic amines) is 1. The Kier molecular flexibility index (Phi) is 4.33. The predicted octanol–water partition coefficient (Wildman–Crippen LogP) is 1.19. The van der Waals surface area contributed by atoms with Crippen molar-refractivity contribution < 1.29 is 13.2 Å². The van der Waals surface area contributed by atoms with Crippen molar-refractivity contribution in [3.63, 3.8) is 0 Å². The lowest BCUT2D eigenvalue weighted by Crippen LogP contribution is -2.47. The SMILES string of the molecule is O=C(CC1CS(=O)(=O)CCN1)N1CCCC1c1cccs1. The Balaban J connectivity index is 1.65. The van der Waals surface area contributed by atoms with Crippen LogP contribution in [0.15, 0.2) is 17.5 Å². The monoisotopic (exact) mass is 328 g/mol. The Hall–Kier alpha value is -0.920. The summed E-state index contributed by atoms with van der Waals surface area (Å²) in [5.41, 5.74) is 0. The molecular formula is C14H20N2O3S2. The van der Waals surface area contributed by atoms with Crippen molar-refractivity contribution in [3.05, 3.63) is 22.4 Å². The Morgan fingerprint density at radius 2 is 2.33 bits per heavy atom. The smallest absolute Gasteiger partial charge is 0.224 e. The molecule has 0 aliphatic carbocycles. The van der Waals surface area contributed by atoms with E-state index in [0.717, 1.165) is 19.4 Å². The Morgan fingerprint density at radius 3 is 3.05 bits per heavy atom. The molecule has 0 spiro atoms. The number of carbonyl (C=O) groups is 1. The lowest BCUT2D eigenvalue weighted by molar-refractivity contribution is -0.132. The van der Waals surface area contributed by atoms with E-state index in [-0.39, 0.29) is 35.9 Å². The number of amides is 1. The van der Waals surface area contributed by atoms with E-state index in [1.807, 2.05) is 16.3 Å². The summed E-state index contributed by atoms with van der Waals surface area (Å²) in [7, 11) is -2.99. The molecular weight excluding hydrogens is 308 g/mol. The standard InChI is InChI=1S/C14H20N2O3S2/c17-14(9-11-10-21(18,19)8-5-15-11)16-6-1-3-12(16)13-4-2-7-20-13/h2,4,7,11-12,15H,1,3,5-6,8-10H2. The van der Waals surface area contributed by atoms with Crippen molar-refractivity contribution in [1.29, 1.82) is 0 Å². The molecule has 1 aromatic heterocycles. The molecule has 2 saturated heterocycles. The van der Waals surface area contributed by atoms with Gasteiger partial charge in [0, 0.05) is 30.4 Å². The molecule has 1 amide bonds. The third kappa shape index (κ3) is 3.46. The van der Waals surface area contributed by atoms with Gasteiger partial charge in [0.25, 0.3) is 0 Å². The molecule has 2 atom stereocenters. The van der Waals surface area contributed by atoms with Gasteiger partial charge in [-0.05, 0) is 24.3 Å². The molecule has 1 aromatic rings. The van der Waals surface area contributed by atoms with E-state index in [1.165, 1.54) is 4.88 Å². The maximum absolute atomic E-state index is 12.5. The molecule has 2 aliphatic rings. The summed E-state index contributed by atoms with van der Waals surface area (Å²) in [6.45, 7) is 1.23. The maximum Gasteiger partial charge on any atom is 0.224 e. The number of sulfone groups is 1. The summed E-state index contributed by atoms with van der Waals surface area (Å²) in [5.74, 6) is 0.329. The fraction of sp³-hybridized carbons (Fsp3) is 0.643. The highest BCUT2D eigenvalue weighted by atomic mass is 32.2.